The molecule has 0 fully saturated rings. The minimum Gasteiger partial charge on any atom is -0.406 e. The summed E-state index contributed by atoms with van der Waals surface area (Å²) in [6.07, 6.45) is -1.37. The zero-order valence-electron chi connectivity index (χ0n) is 12.7. The Morgan fingerprint density at radius 1 is 0.840 bits per heavy atom. The second-order valence-electron chi connectivity index (χ2n) is 5.26. The first-order chi connectivity index (χ1) is 12.0. The van der Waals surface area contributed by atoms with Crippen LogP contribution in [0.3, 0.4) is 0 Å². The largest absolute Gasteiger partial charge is 0.573 e. The number of hydrogen-bond donors (Lipinski definition) is 0. The van der Waals surface area contributed by atoms with E-state index in [2.05, 4.69) is 14.9 Å². The standard InChI is InChI=1S/C17H11F3N4O/c18-17(19,20)25-14-7-5-13(6-8-14)23-16(9-10-21-23)24-15-4-2-1-3-12(15)11-22-24/h1-11H. The molecule has 0 unspecified atom stereocenters. The summed E-state index contributed by atoms with van der Waals surface area (Å²) in [6, 6.07) is 15.0. The van der Waals surface area contributed by atoms with Gasteiger partial charge in [-0.15, -0.1) is 13.2 Å². The average molecular weight is 344 g/mol. The predicted molar refractivity (Wildman–Crippen MR) is 84.9 cm³/mol. The monoisotopic (exact) mass is 344 g/mol. The maximum absolute atomic E-state index is 12.3. The maximum atomic E-state index is 12.3. The summed E-state index contributed by atoms with van der Waals surface area (Å²) < 4.78 is 44.0. The second kappa shape index (κ2) is 5.66. The normalized spacial score (nSPS) is 11.8. The number of para-hydroxylation sites is 1. The van der Waals surface area contributed by atoms with Gasteiger partial charge in [0.1, 0.15) is 5.75 Å². The first kappa shape index (κ1) is 15.3. The number of ether oxygens (including phenoxy) is 1. The molecule has 0 spiro atoms. The van der Waals surface area contributed by atoms with Gasteiger partial charge in [-0.1, -0.05) is 18.2 Å². The molecule has 5 nitrogen and oxygen atoms in total. The van der Waals surface area contributed by atoms with Crippen molar-refractivity contribution in [3.8, 4) is 17.3 Å². The average Bonchev–Trinajstić information content (AvgIpc) is 3.20. The van der Waals surface area contributed by atoms with E-state index in [1.165, 1.54) is 24.3 Å². The van der Waals surface area contributed by atoms with Gasteiger partial charge < -0.3 is 4.74 Å². The number of aromatic nitrogens is 4. The number of alkyl halides is 3. The summed E-state index contributed by atoms with van der Waals surface area (Å²) in [5.74, 6) is 0.389. The highest BCUT2D eigenvalue weighted by Gasteiger charge is 2.31. The number of fused-ring (bicyclic) bond motifs is 1. The van der Waals surface area contributed by atoms with Crippen LogP contribution < -0.4 is 4.74 Å². The van der Waals surface area contributed by atoms with Gasteiger partial charge >= 0.3 is 6.36 Å². The smallest absolute Gasteiger partial charge is 0.406 e. The summed E-state index contributed by atoms with van der Waals surface area (Å²) in [7, 11) is 0. The molecule has 4 aromatic rings. The molecule has 0 N–H and O–H groups in total. The van der Waals surface area contributed by atoms with Gasteiger partial charge in [0.25, 0.3) is 0 Å². The van der Waals surface area contributed by atoms with Crippen molar-refractivity contribution in [1.82, 2.24) is 19.6 Å². The van der Waals surface area contributed by atoms with Crippen molar-refractivity contribution in [3.05, 3.63) is 67.0 Å². The highest BCUT2D eigenvalue weighted by Crippen LogP contribution is 2.25. The van der Waals surface area contributed by atoms with Crippen LogP contribution in [0.5, 0.6) is 5.75 Å². The first-order valence-corrected chi connectivity index (χ1v) is 7.35. The molecule has 0 aliphatic carbocycles. The number of rotatable bonds is 3. The van der Waals surface area contributed by atoms with Gasteiger partial charge in [0.05, 0.1) is 23.6 Å². The molecule has 0 saturated heterocycles. The van der Waals surface area contributed by atoms with Gasteiger partial charge in [-0.2, -0.15) is 10.2 Å². The summed E-state index contributed by atoms with van der Waals surface area (Å²) in [5.41, 5.74) is 1.50. The molecule has 0 amide bonds. The van der Waals surface area contributed by atoms with Crippen LogP contribution in [0.15, 0.2) is 67.0 Å². The molecule has 0 radical (unpaired) electrons. The van der Waals surface area contributed by atoms with Crippen molar-refractivity contribution >= 4 is 10.9 Å². The predicted octanol–water partition coefficient (Wildman–Crippen LogP) is 4.11. The SMILES string of the molecule is FC(F)(F)Oc1ccc(-n2nccc2-n2ncc3ccccc32)cc1. The van der Waals surface area contributed by atoms with Crippen molar-refractivity contribution in [2.45, 2.75) is 6.36 Å². The van der Waals surface area contributed by atoms with Crippen LogP contribution in [0.2, 0.25) is 0 Å². The third-order valence-electron chi connectivity index (χ3n) is 3.63. The van der Waals surface area contributed by atoms with E-state index in [0.717, 1.165) is 10.9 Å². The molecule has 4 rings (SSSR count). The van der Waals surface area contributed by atoms with Gasteiger partial charge in [0, 0.05) is 11.5 Å². The zero-order valence-corrected chi connectivity index (χ0v) is 12.7. The molecule has 0 aliphatic rings. The Morgan fingerprint density at radius 2 is 1.60 bits per heavy atom. The van der Waals surface area contributed by atoms with E-state index in [0.29, 0.717) is 11.5 Å². The summed E-state index contributed by atoms with van der Waals surface area (Å²) >= 11 is 0. The number of hydrogen-bond acceptors (Lipinski definition) is 3. The molecule has 0 atom stereocenters. The van der Waals surface area contributed by atoms with Gasteiger partial charge in [0.2, 0.25) is 0 Å². The van der Waals surface area contributed by atoms with Crippen LogP contribution in [0.25, 0.3) is 22.4 Å². The van der Waals surface area contributed by atoms with E-state index in [9.17, 15) is 13.2 Å². The van der Waals surface area contributed by atoms with E-state index in [-0.39, 0.29) is 5.75 Å². The fraction of sp³-hybridized carbons (Fsp3) is 0.0588. The quantitative estimate of drug-likeness (QED) is 0.562. The molecule has 2 aromatic heterocycles. The molecular weight excluding hydrogens is 333 g/mol. The highest BCUT2D eigenvalue weighted by atomic mass is 19.4. The molecule has 0 aliphatic heterocycles. The third-order valence-corrected chi connectivity index (χ3v) is 3.63. The molecule has 126 valence electrons. The Balaban J connectivity index is 1.73. The van der Waals surface area contributed by atoms with Crippen LogP contribution in [0.4, 0.5) is 13.2 Å². The van der Waals surface area contributed by atoms with Gasteiger partial charge in [-0.25, -0.2) is 9.36 Å². The van der Waals surface area contributed by atoms with Gasteiger partial charge in [-0.05, 0) is 30.3 Å². The molecule has 2 aromatic carbocycles. The topological polar surface area (TPSA) is 44.9 Å². The lowest BCUT2D eigenvalue weighted by atomic mass is 10.2. The minimum atomic E-state index is -4.72. The molecule has 25 heavy (non-hydrogen) atoms. The lowest BCUT2D eigenvalue weighted by Gasteiger charge is -2.11. The lowest BCUT2D eigenvalue weighted by molar-refractivity contribution is -0.274. The molecular formula is C17H11F3N4O. The Labute approximate surface area is 139 Å². The van der Waals surface area contributed by atoms with E-state index in [1.54, 1.807) is 27.8 Å². The fourth-order valence-electron chi connectivity index (χ4n) is 2.60. The summed E-state index contributed by atoms with van der Waals surface area (Å²) in [4.78, 5) is 0. The summed E-state index contributed by atoms with van der Waals surface area (Å²) in [5, 5.41) is 9.59. The van der Waals surface area contributed by atoms with Crippen molar-refractivity contribution in [3.63, 3.8) is 0 Å². The first-order valence-electron chi connectivity index (χ1n) is 7.35. The van der Waals surface area contributed by atoms with E-state index in [1.807, 2.05) is 24.3 Å². The summed E-state index contributed by atoms with van der Waals surface area (Å²) in [6.45, 7) is 0. The Bertz CT molecular complexity index is 1020. The number of benzene rings is 2. The number of halogens is 3. The van der Waals surface area contributed by atoms with Crippen molar-refractivity contribution in [2.24, 2.45) is 0 Å². The van der Waals surface area contributed by atoms with Crippen LogP contribution in [-0.2, 0) is 0 Å². The Kier molecular flexibility index (Phi) is 3.45. The highest BCUT2D eigenvalue weighted by molar-refractivity contribution is 5.79. The van der Waals surface area contributed by atoms with Crippen LogP contribution in [0.1, 0.15) is 0 Å². The van der Waals surface area contributed by atoms with E-state index >= 15 is 0 Å². The van der Waals surface area contributed by atoms with Crippen LogP contribution in [-0.4, -0.2) is 25.9 Å². The maximum Gasteiger partial charge on any atom is 0.573 e. The van der Waals surface area contributed by atoms with E-state index < -0.39 is 6.36 Å². The molecule has 0 saturated carbocycles. The Hall–Kier alpha value is -3.29. The fourth-order valence-corrected chi connectivity index (χ4v) is 2.60. The van der Waals surface area contributed by atoms with Crippen LogP contribution >= 0.6 is 0 Å². The Morgan fingerprint density at radius 3 is 2.36 bits per heavy atom. The van der Waals surface area contributed by atoms with Crippen molar-refractivity contribution in [2.75, 3.05) is 0 Å². The minimum absolute atomic E-state index is 0.283. The molecule has 0 bridgehead atoms. The number of nitrogens with zero attached hydrogens (tertiary/aromatic N) is 4. The van der Waals surface area contributed by atoms with Crippen molar-refractivity contribution < 1.29 is 17.9 Å². The van der Waals surface area contributed by atoms with E-state index in [4.69, 9.17) is 0 Å². The van der Waals surface area contributed by atoms with Gasteiger partial charge in [0.15, 0.2) is 5.82 Å². The van der Waals surface area contributed by atoms with Gasteiger partial charge in [-0.3, -0.25) is 0 Å². The third kappa shape index (κ3) is 2.93. The molecule has 2 heterocycles. The van der Waals surface area contributed by atoms with Crippen LogP contribution in [0, 0.1) is 0 Å². The molecule has 8 heteroatoms. The second-order valence-corrected chi connectivity index (χ2v) is 5.26. The zero-order chi connectivity index (χ0) is 17.4. The lowest BCUT2D eigenvalue weighted by Crippen LogP contribution is -2.17. The van der Waals surface area contributed by atoms with Crippen molar-refractivity contribution in [1.29, 1.82) is 0 Å².